The minimum Gasteiger partial charge on any atom is -0.453 e. The van der Waals surface area contributed by atoms with Crippen LogP contribution < -0.4 is 5.32 Å². The number of hydrogen-bond donors (Lipinski definition) is 2. The molecule has 4 nitrogen and oxygen atoms in total. The highest BCUT2D eigenvalue weighted by Gasteiger charge is 2.46. The summed E-state index contributed by atoms with van der Waals surface area (Å²) in [7, 11) is 0. The molecule has 1 unspecified atom stereocenters. The van der Waals surface area contributed by atoms with Crippen LogP contribution in [0.1, 0.15) is 22.3 Å². The normalized spacial score (nSPS) is 22.7. The van der Waals surface area contributed by atoms with E-state index in [1.165, 1.54) is 0 Å². The van der Waals surface area contributed by atoms with Gasteiger partial charge in [0.15, 0.2) is 0 Å². The Labute approximate surface area is 168 Å². The summed E-state index contributed by atoms with van der Waals surface area (Å²) < 4.78 is 6.12. The average molecular weight is 381 g/mol. The van der Waals surface area contributed by atoms with Gasteiger partial charge in [-0.25, -0.2) is 0 Å². The van der Waals surface area contributed by atoms with Gasteiger partial charge >= 0.3 is 0 Å². The molecule has 2 heterocycles. The summed E-state index contributed by atoms with van der Waals surface area (Å²) in [6.07, 6.45) is 1.77. The van der Waals surface area contributed by atoms with E-state index in [-0.39, 0.29) is 5.91 Å². The molecule has 0 radical (unpaired) electrons. The van der Waals surface area contributed by atoms with Gasteiger partial charge in [-0.1, -0.05) is 72.3 Å². The number of ether oxygens (including phenoxy) is 1. The van der Waals surface area contributed by atoms with Crippen LogP contribution in [0.4, 0.5) is 5.69 Å². The van der Waals surface area contributed by atoms with E-state index in [0.29, 0.717) is 22.5 Å². The molecule has 0 saturated heterocycles. The van der Waals surface area contributed by atoms with Crippen molar-refractivity contribution in [1.29, 1.82) is 0 Å². The van der Waals surface area contributed by atoms with Crippen LogP contribution in [0.25, 0.3) is 11.3 Å². The quantitative estimate of drug-likeness (QED) is 0.637. The second-order valence-electron chi connectivity index (χ2n) is 7.28. The first-order chi connectivity index (χ1) is 14.1. The fraction of sp³-hybridized carbons (Fsp3) is 0.0800. The van der Waals surface area contributed by atoms with Crippen molar-refractivity contribution in [2.24, 2.45) is 0 Å². The second-order valence-corrected chi connectivity index (χ2v) is 7.28. The Morgan fingerprint density at radius 3 is 2.34 bits per heavy atom. The van der Waals surface area contributed by atoms with E-state index in [2.05, 4.69) is 5.32 Å². The maximum absolute atomic E-state index is 12.9. The molecule has 0 fully saturated rings. The minimum atomic E-state index is -1.76. The van der Waals surface area contributed by atoms with Crippen LogP contribution in [0.3, 0.4) is 0 Å². The number of carbonyl (C=O) groups is 1. The topological polar surface area (TPSA) is 58.6 Å². The SMILES string of the molecule is Cc1ccc2c(c1)/C(=C1/C=C(c3ccccc3)OC1(O)c1ccccc1)C(=O)N2. The number of aryl methyl sites for hydroxylation is 1. The van der Waals surface area contributed by atoms with E-state index in [9.17, 15) is 9.90 Å². The summed E-state index contributed by atoms with van der Waals surface area (Å²) >= 11 is 0. The van der Waals surface area contributed by atoms with Crippen molar-refractivity contribution in [1.82, 2.24) is 0 Å². The molecule has 4 heteroatoms. The van der Waals surface area contributed by atoms with Crippen molar-refractivity contribution in [2.75, 3.05) is 5.32 Å². The van der Waals surface area contributed by atoms with Gasteiger partial charge in [-0.05, 0) is 25.1 Å². The van der Waals surface area contributed by atoms with E-state index in [1.807, 2.05) is 73.7 Å². The zero-order chi connectivity index (χ0) is 20.0. The number of fused-ring (bicyclic) bond motifs is 1. The van der Waals surface area contributed by atoms with Crippen LogP contribution in [0.5, 0.6) is 0 Å². The first kappa shape index (κ1) is 17.5. The van der Waals surface area contributed by atoms with Gasteiger partial charge in [-0.3, -0.25) is 4.79 Å². The Hall–Kier alpha value is -3.63. The molecule has 3 aromatic carbocycles. The monoisotopic (exact) mass is 381 g/mol. The number of carbonyl (C=O) groups excluding carboxylic acids is 1. The molecule has 0 saturated carbocycles. The largest absolute Gasteiger partial charge is 0.453 e. The molecule has 2 N–H and O–H groups in total. The smallest absolute Gasteiger partial charge is 0.262 e. The molecule has 0 bridgehead atoms. The number of rotatable bonds is 2. The summed E-state index contributed by atoms with van der Waals surface area (Å²) in [6, 6.07) is 24.5. The molecule has 2 aliphatic rings. The Bertz CT molecular complexity index is 1180. The Balaban J connectivity index is 1.78. The van der Waals surface area contributed by atoms with Gasteiger partial charge in [0.25, 0.3) is 11.7 Å². The Morgan fingerprint density at radius 2 is 1.62 bits per heavy atom. The zero-order valence-corrected chi connectivity index (χ0v) is 15.8. The zero-order valence-electron chi connectivity index (χ0n) is 15.8. The summed E-state index contributed by atoms with van der Waals surface area (Å²) in [5.41, 5.74) is 4.81. The van der Waals surface area contributed by atoms with Gasteiger partial charge in [0.05, 0.1) is 5.57 Å². The van der Waals surface area contributed by atoms with Crippen molar-refractivity contribution < 1.29 is 14.6 Å². The maximum Gasteiger partial charge on any atom is 0.262 e. The Morgan fingerprint density at radius 1 is 0.931 bits per heavy atom. The van der Waals surface area contributed by atoms with Gasteiger partial charge in [-0.2, -0.15) is 0 Å². The van der Waals surface area contributed by atoms with Gasteiger partial charge in [0, 0.05) is 28.0 Å². The molecule has 0 spiro atoms. The molecule has 142 valence electrons. The molecular formula is C25H19NO3. The van der Waals surface area contributed by atoms with Gasteiger partial charge in [0.1, 0.15) is 5.76 Å². The van der Waals surface area contributed by atoms with Crippen LogP contribution in [-0.4, -0.2) is 11.0 Å². The highest BCUT2D eigenvalue weighted by molar-refractivity contribution is 6.33. The highest BCUT2D eigenvalue weighted by atomic mass is 16.6. The summed E-state index contributed by atoms with van der Waals surface area (Å²) in [6.45, 7) is 1.98. The first-order valence-corrected chi connectivity index (χ1v) is 9.47. The summed E-state index contributed by atoms with van der Waals surface area (Å²) in [5.74, 6) is -1.48. The van der Waals surface area contributed by atoms with E-state index < -0.39 is 5.79 Å². The average Bonchev–Trinajstić information content (AvgIpc) is 3.26. The van der Waals surface area contributed by atoms with E-state index in [1.54, 1.807) is 18.2 Å². The number of anilines is 1. The standard InChI is InChI=1S/C25H19NO3/c1-16-12-13-21-19(14-16)23(24(27)26-21)20-15-22(17-8-4-2-5-9-17)29-25(20,28)18-10-6-3-7-11-18/h2-15,28H,1H3,(H,26,27)/b23-20+. The lowest BCUT2D eigenvalue weighted by molar-refractivity contribution is -0.121. The third-order valence-electron chi connectivity index (χ3n) is 5.31. The van der Waals surface area contributed by atoms with Crippen molar-refractivity contribution in [3.05, 3.63) is 113 Å². The number of benzene rings is 3. The van der Waals surface area contributed by atoms with E-state index >= 15 is 0 Å². The van der Waals surface area contributed by atoms with Gasteiger partial charge < -0.3 is 15.2 Å². The van der Waals surface area contributed by atoms with Crippen molar-refractivity contribution in [2.45, 2.75) is 12.7 Å². The minimum absolute atomic E-state index is 0.246. The predicted molar refractivity (Wildman–Crippen MR) is 113 cm³/mol. The van der Waals surface area contributed by atoms with Crippen molar-refractivity contribution in [3.8, 4) is 0 Å². The summed E-state index contributed by atoms with van der Waals surface area (Å²) in [5, 5.41) is 14.6. The van der Waals surface area contributed by atoms with E-state index in [4.69, 9.17) is 4.74 Å². The third kappa shape index (κ3) is 2.77. The third-order valence-corrected chi connectivity index (χ3v) is 5.31. The van der Waals surface area contributed by atoms with E-state index in [0.717, 1.165) is 22.4 Å². The molecule has 0 aliphatic carbocycles. The number of hydrogen-bond acceptors (Lipinski definition) is 3. The maximum atomic E-state index is 12.9. The number of aliphatic hydroxyl groups is 1. The fourth-order valence-corrected chi connectivity index (χ4v) is 3.89. The molecule has 3 aromatic rings. The predicted octanol–water partition coefficient (Wildman–Crippen LogP) is 4.62. The molecule has 1 atom stereocenters. The van der Waals surface area contributed by atoms with Gasteiger partial charge in [0.2, 0.25) is 0 Å². The second kappa shape index (κ2) is 6.47. The molecular weight excluding hydrogens is 362 g/mol. The molecule has 2 aliphatic heterocycles. The van der Waals surface area contributed by atoms with Crippen molar-refractivity contribution >= 4 is 22.9 Å². The number of nitrogens with one attached hydrogen (secondary N) is 1. The van der Waals surface area contributed by atoms with Crippen LogP contribution >= 0.6 is 0 Å². The van der Waals surface area contributed by atoms with Crippen LogP contribution in [0.2, 0.25) is 0 Å². The summed E-state index contributed by atoms with van der Waals surface area (Å²) in [4.78, 5) is 12.9. The lowest BCUT2D eigenvalue weighted by Crippen LogP contribution is -2.28. The Kier molecular flexibility index (Phi) is 3.89. The molecule has 5 rings (SSSR count). The van der Waals surface area contributed by atoms with Crippen LogP contribution in [0.15, 0.2) is 90.5 Å². The molecule has 1 amide bonds. The fourth-order valence-electron chi connectivity index (χ4n) is 3.89. The highest BCUT2D eigenvalue weighted by Crippen LogP contribution is 2.48. The lowest BCUT2D eigenvalue weighted by Gasteiger charge is -2.27. The van der Waals surface area contributed by atoms with Crippen LogP contribution in [0, 0.1) is 6.92 Å². The van der Waals surface area contributed by atoms with Crippen LogP contribution in [-0.2, 0) is 15.3 Å². The van der Waals surface area contributed by atoms with Gasteiger partial charge in [-0.15, -0.1) is 0 Å². The molecule has 0 aromatic heterocycles. The lowest BCUT2D eigenvalue weighted by atomic mass is 9.90. The van der Waals surface area contributed by atoms with Crippen molar-refractivity contribution in [3.63, 3.8) is 0 Å². The number of amides is 1. The molecule has 29 heavy (non-hydrogen) atoms. The first-order valence-electron chi connectivity index (χ1n) is 9.47.